The van der Waals surface area contributed by atoms with Crippen LogP contribution in [0.4, 0.5) is 5.69 Å². The molecule has 54 heavy (non-hydrogen) atoms. The lowest BCUT2D eigenvalue weighted by Crippen LogP contribution is -2.60. The molecule has 5 atom stereocenters. The maximum Gasteiger partial charge on any atom is 0.290 e. The standard InChI is InChI=1S/C40H60N6O3.C2H6.CH2O2/c1-26(2)32-24-31(42-17-11-19-45(6)18-10-16-41)14-15-34(32)46-35(38-36(48-7)12-9-13-37(38)49-8)25-33(44-46)39(47)43-40(5)28(4)22-29-20-27(3)21-30(40)23-29;1-2;2-1-3/h9,12-15,24-30,42H,10-11,16-23,41H2,1-8H3,(H,43,47);1-2H3;1H,(H,2,3). The molecule has 2 aliphatic carbocycles. The van der Waals surface area contributed by atoms with E-state index in [0.29, 0.717) is 34.9 Å². The van der Waals surface area contributed by atoms with Gasteiger partial charge in [0.15, 0.2) is 5.69 Å². The van der Waals surface area contributed by atoms with Gasteiger partial charge in [-0.05, 0) is 144 Å². The van der Waals surface area contributed by atoms with Crippen LogP contribution in [0.5, 0.6) is 11.5 Å². The molecule has 5 N–H and O–H groups in total. The lowest BCUT2D eigenvalue weighted by atomic mass is 9.57. The molecule has 5 rings (SSSR count). The fourth-order valence-corrected chi connectivity index (χ4v) is 8.44. The number of anilines is 1. The number of carbonyl (C=O) groups excluding carboxylic acids is 1. The summed E-state index contributed by atoms with van der Waals surface area (Å²) in [7, 11) is 5.47. The van der Waals surface area contributed by atoms with Crippen LogP contribution in [0.25, 0.3) is 16.9 Å². The molecule has 2 aromatic carbocycles. The minimum atomic E-state index is -0.288. The molecule has 11 heteroatoms. The molecule has 2 bridgehead atoms. The monoisotopic (exact) mass is 749 g/mol. The average Bonchev–Trinajstić information content (AvgIpc) is 3.60. The minimum absolute atomic E-state index is 0.138. The van der Waals surface area contributed by atoms with Crippen molar-refractivity contribution >= 4 is 18.1 Å². The molecule has 0 radical (unpaired) electrons. The summed E-state index contributed by atoms with van der Waals surface area (Å²) in [5, 5.41) is 19.1. The Morgan fingerprint density at radius 2 is 1.70 bits per heavy atom. The van der Waals surface area contributed by atoms with Crippen molar-refractivity contribution in [3.8, 4) is 28.4 Å². The Morgan fingerprint density at radius 1 is 1.06 bits per heavy atom. The molecule has 1 aromatic heterocycles. The third-order valence-electron chi connectivity index (χ3n) is 11.3. The van der Waals surface area contributed by atoms with Gasteiger partial charge in [-0.3, -0.25) is 9.59 Å². The lowest BCUT2D eigenvalue weighted by Gasteiger charge is -2.53. The summed E-state index contributed by atoms with van der Waals surface area (Å²) in [6.07, 6.45) is 6.84. The molecular weight excluding hydrogens is 681 g/mol. The molecule has 300 valence electrons. The number of aromatic nitrogens is 2. The Hall–Kier alpha value is -4.09. The topological polar surface area (TPSA) is 144 Å². The van der Waals surface area contributed by atoms with Gasteiger partial charge in [0.05, 0.1) is 31.2 Å². The smallest absolute Gasteiger partial charge is 0.290 e. The molecule has 1 amide bonds. The van der Waals surface area contributed by atoms with Crippen LogP contribution in [0, 0.1) is 23.7 Å². The van der Waals surface area contributed by atoms with E-state index >= 15 is 0 Å². The Labute approximate surface area is 324 Å². The maximum atomic E-state index is 14.3. The number of benzene rings is 2. The fourth-order valence-electron chi connectivity index (χ4n) is 8.44. The maximum absolute atomic E-state index is 14.3. The van der Waals surface area contributed by atoms with Gasteiger partial charge in [0, 0.05) is 17.8 Å². The van der Waals surface area contributed by atoms with Crippen molar-refractivity contribution in [1.29, 1.82) is 0 Å². The van der Waals surface area contributed by atoms with E-state index in [4.69, 9.17) is 30.2 Å². The summed E-state index contributed by atoms with van der Waals surface area (Å²) in [5.41, 5.74) is 10.4. The van der Waals surface area contributed by atoms with E-state index in [9.17, 15) is 4.79 Å². The summed E-state index contributed by atoms with van der Waals surface area (Å²) < 4.78 is 13.6. The first kappa shape index (κ1) is 44.3. The number of nitrogens with zero attached hydrogens (tertiary/aromatic N) is 3. The molecule has 2 saturated carbocycles. The van der Waals surface area contributed by atoms with E-state index < -0.39 is 0 Å². The van der Waals surface area contributed by atoms with E-state index in [-0.39, 0.29) is 23.8 Å². The van der Waals surface area contributed by atoms with Gasteiger partial charge in [0.1, 0.15) is 11.5 Å². The second-order valence-corrected chi connectivity index (χ2v) is 15.4. The van der Waals surface area contributed by atoms with Crippen molar-refractivity contribution in [2.75, 3.05) is 52.8 Å². The largest absolute Gasteiger partial charge is 0.496 e. The molecule has 0 saturated heterocycles. The number of amides is 1. The van der Waals surface area contributed by atoms with E-state index in [1.54, 1.807) is 14.2 Å². The van der Waals surface area contributed by atoms with Crippen LogP contribution in [-0.2, 0) is 4.79 Å². The predicted molar refractivity (Wildman–Crippen MR) is 220 cm³/mol. The molecule has 11 nitrogen and oxygen atoms in total. The van der Waals surface area contributed by atoms with Crippen LogP contribution in [0.2, 0.25) is 0 Å². The summed E-state index contributed by atoms with van der Waals surface area (Å²) in [6, 6.07) is 14.1. The Kier molecular flexibility index (Phi) is 17.3. The molecule has 0 spiro atoms. The number of hydrogen-bond acceptors (Lipinski definition) is 8. The highest BCUT2D eigenvalue weighted by Crippen LogP contribution is 2.50. The highest BCUT2D eigenvalue weighted by atomic mass is 16.5. The normalized spacial score (nSPS) is 21.6. The van der Waals surface area contributed by atoms with Crippen molar-refractivity contribution in [3.05, 3.63) is 53.7 Å². The highest BCUT2D eigenvalue weighted by molar-refractivity contribution is 5.95. The molecule has 1 heterocycles. The van der Waals surface area contributed by atoms with E-state index in [0.717, 1.165) is 86.0 Å². The first-order valence-corrected chi connectivity index (χ1v) is 19.9. The average molecular weight is 749 g/mol. The van der Waals surface area contributed by atoms with Crippen LogP contribution in [0.1, 0.15) is 109 Å². The third kappa shape index (κ3) is 10.8. The second-order valence-electron chi connectivity index (χ2n) is 15.4. The number of rotatable bonds is 15. The van der Waals surface area contributed by atoms with Crippen molar-refractivity contribution in [2.45, 2.75) is 98.4 Å². The first-order chi connectivity index (χ1) is 25.9. The van der Waals surface area contributed by atoms with Gasteiger partial charge in [0.25, 0.3) is 12.4 Å². The van der Waals surface area contributed by atoms with Crippen LogP contribution < -0.4 is 25.8 Å². The molecule has 2 aliphatic rings. The number of fused-ring (bicyclic) bond motifs is 2. The van der Waals surface area contributed by atoms with E-state index in [1.165, 1.54) is 12.8 Å². The first-order valence-electron chi connectivity index (χ1n) is 19.9. The number of hydrogen-bond donors (Lipinski definition) is 4. The van der Waals surface area contributed by atoms with Crippen LogP contribution in [-0.4, -0.2) is 85.2 Å². The Balaban J connectivity index is 0.00000149. The zero-order valence-electron chi connectivity index (χ0n) is 34.6. The fraction of sp³-hybridized carbons (Fsp3) is 0.605. The van der Waals surface area contributed by atoms with E-state index in [2.05, 4.69) is 75.4 Å². The SMILES string of the molecule is CC.COc1cccc(OC)c1-c1cc(C(=O)NC2(C)C(C)CC3CC(C)CC2C3)nn1-c1ccc(NCCCN(C)CCCN)cc1C(C)C.O=CO. The van der Waals surface area contributed by atoms with Crippen LogP contribution >= 0.6 is 0 Å². The molecule has 2 fully saturated rings. The zero-order chi connectivity index (χ0) is 40.0. The number of nitrogens with two attached hydrogens (primary N) is 1. The number of carboxylic acid groups (broad SMARTS) is 1. The molecule has 3 aromatic rings. The van der Waals surface area contributed by atoms with Crippen LogP contribution in [0.15, 0.2) is 42.5 Å². The number of methoxy groups -OCH3 is 2. The Morgan fingerprint density at radius 3 is 2.31 bits per heavy atom. The predicted octanol–water partition coefficient (Wildman–Crippen LogP) is 8.07. The van der Waals surface area contributed by atoms with Crippen molar-refractivity contribution in [3.63, 3.8) is 0 Å². The quantitative estimate of drug-likeness (QED) is 0.0896. The summed E-state index contributed by atoms with van der Waals surface area (Å²) in [4.78, 5) is 25.0. The van der Waals surface area contributed by atoms with Crippen LogP contribution in [0.3, 0.4) is 0 Å². The summed E-state index contributed by atoms with van der Waals surface area (Å²) in [6.45, 7) is 18.7. The lowest BCUT2D eigenvalue weighted by molar-refractivity contribution is -0.122. The van der Waals surface area contributed by atoms with Gasteiger partial charge in [-0.2, -0.15) is 5.10 Å². The Bertz CT molecular complexity index is 1600. The molecule has 0 aliphatic heterocycles. The van der Waals surface area contributed by atoms with Gasteiger partial charge in [0.2, 0.25) is 0 Å². The summed E-state index contributed by atoms with van der Waals surface area (Å²) >= 11 is 0. The molecule has 5 unspecified atom stereocenters. The van der Waals surface area contributed by atoms with Gasteiger partial charge >= 0.3 is 0 Å². The number of carbonyl (C=O) groups is 2. The number of nitrogens with one attached hydrogen (secondary N) is 2. The zero-order valence-corrected chi connectivity index (χ0v) is 34.6. The van der Waals surface area contributed by atoms with E-state index in [1.807, 2.05) is 42.8 Å². The summed E-state index contributed by atoms with van der Waals surface area (Å²) in [5.74, 6) is 3.67. The third-order valence-corrected chi connectivity index (χ3v) is 11.3. The van der Waals surface area contributed by atoms with Gasteiger partial charge in [-0.15, -0.1) is 0 Å². The number of ether oxygens (including phenoxy) is 2. The van der Waals surface area contributed by atoms with Gasteiger partial charge < -0.3 is 35.8 Å². The van der Waals surface area contributed by atoms with Crippen molar-refractivity contribution in [1.82, 2.24) is 20.0 Å². The van der Waals surface area contributed by atoms with Crippen molar-refractivity contribution < 1.29 is 24.2 Å². The van der Waals surface area contributed by atoms with Crippen molar-refractivity contribution in [2.24, 2.45) is 29.4 Å². The van der Waals surface area contributed by atoms with Gasteiger partial charge in [-0.1, -0.05) is 47.6 Å². The minimum Gasteiger partial charge on any atom is -0.496 e. The van der Waals surface area contributed by atoms with Gasteiger partial charge in [-0.25, -0.2) is 4.68 Å². The second kappa shape index (κ2) is 21.1. The highest BCUT2D eigenvalue weighted by Gasteiger charge is 2.48. The molecular formula is C43H68N6O5.